The molecule has 6 heavy (non-hydrogen) atoms. The van der Waals surface area contributed by atoms with Crippen LogP contribution >= 0.6 is 0 Å². The second-order valence-corrected chi connectivity index (χ2v) is 1.24. The lowest BCUT2D eigenvalue weighted by molar-refractivity contribution is -0.460. The Bertz CT molecular complexity index is 85.5. The van der Waals surface area contributed by atoms with Gasteiger partial charge in [0.05, 0.1) is 0 Å². The highest BCUT2D eigenvalue weighted by Gasteiger charge is 1.75. The third kappa shape index (κ3) is 2.04. The van der Waals surface area contributed by atoms with E-state index in [0.717, 1.165) is 0 Å². The minimum absolute atomic E-state index is 0.00116. The zero-order valence-corrected chi connectivity index (χ0v) is 3.70. The van der Waals surface area contributed by atoms with Gasteiger partial charge in [0.1, 0.15) is 0 Å². The minimum Gasteiger partial charge on any atom is -0.629 e. The first-order chi connectivity index (χ1) is 2.81. The van der Waals surface area contributed by atoms with Crippen molar-refractivity contribution in [2.45, 2.75) is 0 Å². The Morgan fingerprint density at radius 2 is 2.50 bits per heavy atom. The molecule has 0 aliphatic rings. The molecular weight excluding hydrogens is 104 g/mol. The Balaban J connectivity index is 3.52. The van der Waals surface area contributed by atoms with Crippen LogP contribution in [-0.4, -0.2) is 9.32 Å². The van der Waals surface area contributed by atoms with Crippen molar-refractivity contribution in [2.75, 3.05) is 0 Å². The third-order valence-electron chi connectivity index (χ3n) is 0.212. The van der Waals surface area contributed by atoms with E-state index in [-0.39, 0.29) is 16.4 Å². The van der Waals surface area contributed by atoms with Gasteiger partial charge in [0, 0.05) is 0 Å². The number of rotatable bonds is 0. The van der Waals surface area contributed by atoms with Gasteiger partial charge < -0.3 is 10.7 Å². The van der Waals surface area contributed by atoms with Gasteiger partial charge in [-0.15, -0.1) is 0 Å². The predicted molar refractivity (Wildman–Crippen MR) is 22.6 cm³/mol. The summed E-state index contributed by atoms with van der Waals surface area (Å²) in [6, 6.07) is 0. The molecule has 0 bridgehead atoms. The summed E-state index contributed by atoms with van der Waals surface area (Å²) in [7, 11) is 0. The van der Waals surface area contributed by atoms with Crippen molar-refractivity contribution in [1.29, 1.82) is 0 Å². The first-order valence-corrected chi connectivity index (χ1v) is 1.93. The molecule has 0 atom stereocenters. The lowest BCUT2D eigenvalue weighted by atomic mass is 11.2. The van der Waals surface area contributed by atoms with Gasteiger partial charge in [0.25, 0.3) is 5.11 Å². The van der Waals surface area contributed by atoms with Gasteiger partial charge in [-0.25, -0.2) is 9.94 Å². The normalized spacial score (nSPS) is 7.67. The molecule has 4 N–H and O–H groups in total. The fraction of sp³-hybridized carbons (Fsp3) is 0. The summed E-state index contributed by atoms with van der Waals surface area (Å²) in [5.74, 6) is 0. The van der Waals surface area contributed by atoms with Gasteiger partial charge in [-0.1, -0.05) is 0 Å². The summed E-state index contributed by atoms with van der Waals surface area (Å²) in [5.41, 5.74) is 4.99. The quantitative estimate of drug-likeness (QED) is 0.262. The second-order valence-electron chi connectivity index (χ2n) is 0.604. The standard InChI is InChI=1S/CH4N2O2S/c2-1(3-4)6-5/h2-3H2. The maximum atomic E-state index is 9.38. The van der Waals surface area contributed by atoms with Crippen molar-refractivity contribution in [2.24, 2.45) is 5.73 Å². The average Bonchev–Trinajstić information content (AvgIpc) is 1.65. The van der Waals surface area contributed by atoms with Crippen molar-refractivity contribution in [3.8, 4) is 0 Å². The second kappa shape index (κ2) is 2.98. The topological polar surface area (TPSA) is 82.8 Å². The molecule has 0 heterocycles. The van der Waals surface area contributed by atoms with Crippen LogP contribution in [0, 0.1) is 5.21 Å². The Morgan fingerprint density at radius 1 is 2.00 bits per heavy atom. The number of hydrogen-bond donors (Lipinski definition) is 2. The Labute approximate surface area is 38.0 Å². The number of hydroxylamine groups is 1. The van der Waals surface area contributed by atoms with Crippen LogP contribution in [0.2, 0.25) is 0 Å². The molecular formula is CH4N2O2S. The van der Waals surface area contributed by atoms with E-state index in [2.05, 4.69) is 5.73 Å². The van der Waals surface area contributed by atoms with Crippen molar-refractivity contribution in [1.82, 2.24) is 0 Å². The zero-order valence-electron chi connectivity index (χ0n) is 2.88. The molecule has 0 aromatic carbocycles. The number of hydrogen-bond acceptors (Lipinski definition) is 2. The lowest BCUT2D eigenvalue weighted by Gasteiger charge is -1.90. The first-order valence-electron chi connectivity index (χ1n) is 1.18. The van der Waals surface area contributed by atoms with E-state index in [9.17, 15) is 9.42 Å². The summed E-state index contributed by atoms with van der Waals surface area (Å²) < 4.78 is 9.38. The summed E-state index contributed by atoms with van der Waals surface area (Å²) in [6.07, 6.45) is 0. The Hall–Kier alpha value is -0.230. The van der Waals surface area contributed by atoms with E-state index in [1.165, 1.54) is 0 Å². The smallest absolute Gasteiger partial charge is 0.270 e. The first kappa shape index (κ1) is 5.77. The maximum Gasteiger partial charge on any atom is 0.270 e. The summed E-state index contributed by atoms with van der Waals surface area (Å²) in [6.45, 7) is 0. The van der Waals surface area contributed by atoms with Gasteiger partial charge in [0.2, 0.25) is 0 Å². The molecule has 0 fully saturated rings. The van der Waals surface area contributed by atoms with Crippen LogP contribution < -0.4 is 11.2 Å². The molecule has 0 rings (SSSR count). The molecule has 0 aliphatic heterocycles. The molecule has 0 aliphatic carbocycles. The highest BCUT2D eigenvalue weighted by molar-refractivity contribution is 7.65. The molecule has 4 nitrogen and oxygen atoms in total. The Morgan fingerprint density at radius 3 is 2.50 bits per heavy atom. The van der Waals surface area contributed by atoms with E-state index in [0.29, 0.717) is 5.48 Å². The monoisotopic (exact) mass is 108 g/mol. The molecule has 0 spiro atoms. The zero-order chi connectivity index (χ0) is 4.99. The fourth-order valence-corrected chi connectivity index (χ4v) is 0.0589. The van der Waals surface area contributed by atoms with E-state index in [1.54, 1.807) is 0 Å². The molecule has 0 aromatic heterocycles. The molecule has 0 saturated carbocycles. The molecule has 0 unspecified atom stereocenters. The highest BCUT2D eigenvalue weighted by Crippen LogP contribution is 1.19. The van der Waals surface area contributed by atoms with E-state index < -0.39 is 0 Å². The fourth-order valence-electron chi connectivity index (χ4n) is 0.0196. The van der Waals surface area contributed by atoms with Gasteiger partial charge in [-0.2, -0.15) is 0 Å². The Kier molecular flexibility index (Phi) is 2.87. The van der Waals surface area contributed by atoms with Crippen LogP contribution in [0.5, 0.6) is 0 Å². The largest absolute Gasteiger partial charge is 0.629 e. The molecule has 0 saturated heterocycles. The molecule has 36 valence electrons. The van der Waals surface area contributed by atoms with Gasteiger partial charge >= 0.3 is 0 Å². The predicted octanol–water partition coefficient (Wildman–Crippen LogP) is -2.69. The highest BCUT2D eigenvalue weighted by atomic mass is 32.1. The summed E-state index contributed by atoms with van der Waals surface area (Å²) in [5, 5.41) is 9.13. The molecule has 0 amide bonds. The summed E-state index contributed by atoms with van der Waals surface area (Å²) in [4.78, 5) is 0. The van der Waals surface area contributed by atoms with Crippen LogP contribution in [0.1, 0.15) is 0 Å². The lowest BCUT2D eigenvalue weighted by Crippen LogP contribution is -2.84. The molecule has 5 heteroatoms. The van der Waals surface area contributed by atoms with E-state index >= 15 is 0 Å². The van der Waals surface area contributed by atoms with Crippen LogP contribution in [0.4, 0.5) is 0 Å². The van der Waals surface area contributed by atoms with Gasteiger partial charge in [0.15, 0.2) is 11.3 Å². The van der Waals surface area contributed by atoms with Gasteiger partial charge in [-0.3, -0.25) is 0 Å². The van der Waals surface area contributed by atoms with Crippen LogP contribution in [-0.2, 0) is 11.3 Å². The van der Waals surface area contributed by atoms with Gasteiger partial charge in [-0.05, 0) is 0 Å². The minimum atomic E-state index is -0.227. The number of nitrogens with two attached hydrogens (primary N) is 2. The van der Waals surface area contributed by atoms with Crippen molar-refractivity contribution < 1.29 is 9.69 Å². The van der Waals surface area contributed by atoms with E-state index in [1.807, 2.05) is 0 Å². The summed E-state index contributed by atoms with van der Waals surface area (Å²) >= 11 is 0.00116. The van der Waals surface area contributed by atoms with E-state index in [4.69, 9.17) is 0 Å². The number of quaternary nitrogens is 1. The molecule has 0 aromatic rings. The molecule has 0 radical (unpaired) electrons. The van der Waals surface area contributed by atoms with Crippen LogP contribution in [0.15, 0.2) is 0 Å². The third-order valence-corrected chi connectivity index (χ3v) is 0.501. The SMILES string of the molecule is NC([NH2+][O-])=S=O. The van der Waals surface area contributed by atoms with Crippen molar-refractivity contribution >= 4 is 16.4 Å². The van der Waals surface area contributed by atoms with Crippen molar-refractivity contribution in [3.63, 3.8) is 0 Å². The average molecular weight is 108 g/mol. The van der Waals surface area contributed by atoms with Crippen LogP contribution in [0.3, 0.4) is 0 Å². The van der Waals surface area contributed by atoms with Crippen molar-refractivity contribution in [3.05, 3.63) is 5.21 Å². The van der Waals surface area contributed by atoms with Crippen LogP contribution in [0.25, 0.3) is 0 Å². The maximum absolute atomic E-state index is 9.38.